The van der Waals surface area contributed by atoms with Crippen LogP contribution in [0.1, 0.15) is 0 Å². The summed E-state index contributed by atoms with van der Waals surface area (Å²) in [6, 6.07) is -0.765. The fourth-order valence-electron chi connectivity index (χ4n) is 0.738. The van der Waals surface area contributed by atoms with E-state index in [2.05, 4.69) is 5.32 Å². The third-order valence-electron chi connectivity index (χ3n) is 1.22. The molecule has 1 fully saturated rings. The highest BCUT2D eigenvalue weighted by Gasteiger charge is 2.26. The fraction of sp³-hybridized carbons (Fsp3) is 0.600. The molecular weight excluding hydrogens is 152 g/mol. The van der Waals surface area contributed by atoms with Gasteiger partial charge in [-0.1, -0.05) is 11.8 Å². The van der Waals surface area contributed by atoms with Gasteiger partial charge in [0.15, 0.2) is 6.04 Å². The van der Waals surface area contributed by atoms with Gasteiger partial charge < -0.3 is 5.73 Å². The quantitative estimate of drug-likeness (QED) is 0.468. The Morgan fingerprint density at radius 3 is 2.90 bits per heavy atom. The predicted octanol–water partition coefficient (Wildman–Crippen LogP) is -1.30. The van der Waals surface area contributed by atoms with Crippen molar-refractivity contribution < 1.29 is 9.59 Å². The summed E-state index contributed by atoms with van der Waals surface area (Å²) < 4.78 is 0. The SMILES string of the molecule is NC(=O)C1NCCSC1=O. The van der Waals surface area contributed by atoms with Crippen molar-refractivity contribution in [1.29, 1.82) is 0 Å². The Labute approximate surface area is 62.5 Å². The van der Waals surface area contributed by atoms with Gasteiger partial charge in [-0.2, -0.15) is 0 Å². The first-order valence-electron chi connectivity index (χ1n) is 2.91. The van der Waals surface area contributed by atoms with E-state index in [4.69, 9.17) is 5.73 Å². The van der Waals surface area contributed by atoms with Gasteiger partial charge >= 0.3 is 0 Å². The van der Waals surface area contributed by atoms with Crippen LogP contribution in [0.4, 0.5) is 0 Å². The molecule has 1 saturated heterocycles. The molecule has 5 heteroatoms. The van der Waals surface area contributed by atoms with Crippen molar-refractivity contribution in [2.24, 2.45) is 5.73 Å². The summed E-state index contributed by atoms with van der Waals surface area (Å²) in [5.74, 6) is 0.139. The number of hydrogen-bond acceptors (Lipinski definition) is 4. The van der Waals surface area contributed by atoms with Crippen LogP contribution in [0.25, 0.3) is 0 Å². The first-order chi connectivity index (χ1) is 4.72. The van der Waals surface area contributed by atoms with Gasteiger partial charge in [-0.05, 0) is 0 Å². The van der Waals surface area contributed by atoms with Crippen LogP contribution in [0, 0.1) is 0 Å². The summed E-state index contributed by atoms with van der Waals surface area (Å²) in [5, 5.41) is 2.56. The van der Waals surface area contributed by atoms with Crippen molar-refractivity contribution >= 4 is 22.8 Å². The normalized spacial score (nSPS) is 26.4. The Balaban J connectivity index is 2.56. The van der Waals surface area contributed by atoms with E-state index < -0.39 is 11.9 Å². The second kappa shape index (κ2) is 3.03. The molecule has 0 saturated carbocycles. The number of carbonyl (C=O) groups is 2. The molecular formula is C5H8N2O2S. The van der Waals surface area contributed by atoms with Gasteiger partial charge in [0.25, 0.3) is 0 Å². The molecule has 4 nitrogen and oxygen atoms in total. The maximum atomic E-state index is 10.8. The lowest BCUT2D eigenvalue weighted by molar-refractivity contribution is -0.125. The van der Waals surface area contributed by atoms with E-state index in [1.807, 2.05) is 0 Å². The Morgan fingerprint density at radius 2 is 2.50 bits per heavy atom. The second-order valence-corrected chi connectivity index (χ2v) is 3.06. The van der Waals surface area contributed by atoms with Crippen LogP contribution in [0.3, 0.4) is 0 Å². The third-order valence-corrected chi connectivity index (χ3v) is 2.14. The summed E-state index contributed by atoms with van der Waals surface area (Å²) in [5.41, 5.74) is 4.92. The largest absolute Gasteiger partial charge is 0.368 e. The first kappa shape index (κ1) is 7.56. The van der Waals surface area contributed by atoms with Gasteiger partial charge in [0.2, 0.25) is 11.0 Å². The number of rotatable bonds is 1. The number of amides is 1. The minimum absolute atomic E-state index is 0.168. The molecule has 0 radical (unpaired) electrons. The van der Waals surface area contributed by atoms with Crippen LogP contribution < -0.4 is 11.1 Å². The second-order valence-electron chi connectivity index (χ2n) is 1.96. The standard InChI is InChI=1S/C5H8N2O2S/c6-4(8)3-5(9)10-2-1-7-3/h3,7H,1-2H2,(H2,6,8). The molecule has 1 aliphatic heterocycles. The average Bonchev–Trinajstić information content (AvgIpc) is 1.88. The zero-order valence-corrected chi connectivity index (χ0v) is 6.11. The predicted molar refractivity (Wildman–Crippen MR) is 38.5 cm³/mol. The van der Waals surface area contributed by atoms with Crippen LogP contribution in [0.5, 0.6) is 0 Å². The zero-order chi connectivity index (χ0) is 7.56. The van der Waals surface area contributed by atoms with E-state index in [1.165, 1.54) is 0 Å². The molecule has 1 amide bonds. The van der Waals surface area contributed by atoms with Gasteiger partial charge in [0, 0.05) is 12.3 Å². The number of thioether (sulfide) groups is 1. The molecule has 1 atom stereocenters. The van der Waals surface area contributed by atoms with Gasteiger partial charge in [-0.15, -0.1) is 0 Å². The summed E-state index contributed by atoms with van der Waals surface area (Å²) in [4.78, 5) is 21.3. The van der Waals surface area contributed by atoms with Crippen molar-refractivity contribution in [2.75, 3.05) is 12.3 Å². The van der Waals surface area contributed by atoms with Crippen LogP contribution >= 0.6 is 11.8 Å². The average molecular weight is 160 g/mol. The Bertz CT molecular complexity index is 171. The summed E-state index contributed by atoms with van der Waals surface area (Å²) in [6.45, 7) is 0.671. The molecule has 10 heavy (non-hydrogen) atoms. The van der Waals surface area contributed by atoms with Gasteiger partial charge in [-0.3, -0.25) is 14.9 Å². The van der Waals surface area contributed by atoms with Gasteiger partial charge in [-0.25, -0.2) is 0 Å². The number of carbonyl (C=O) groups excluding carboxylic acids is 2. The molecule has 0 aliphatic carbocycles. The highest BCUT2D eigenvalue weighted by Crippen LogP contribution is 2.09. The molecule has 0 bridgehead atoms. The molecule has 1 aliphatic rings. The lowest BCUT2D eigenvalue weighted by atomic mass is 10.3. The molecule has 56 valence electrons. The fourth-order valence-corrected chi connectivity index (χ4v) is 1.53. The molecule has 0 aromatic carbocycles. The molecule has 1 rings (SSSR count). The highest BCUT2D eigenvalue weighted by atomic mass is 32.2. The molecule has 0 spiro atoms. The Morgan fingerprint density at radius 1 is 1.80 bits per heavy atom. The van der Waals surface area contributed by atoms with E-state index in [0.29, 0.717) is 6.54 Å². The van der Waals surface area contributed by atoms with Gasteiger partial charge in [0.1, 0.15) is 0 Å². The van der Waals surface area contributed by atoms with Crippen molar-refractivity contribution in [3.63, 3.8) is 0 Å². The minimum atomic E-state index is -0.765. The number of nitrogens with two attached hydrogens (primary N) is 1. The smallest absolute Gasteiger partial charge is 0.243 e. The zero-order valence-electron chi connectivity index (χ0n) is 5.29. The molecule has 3 N–H and O–H groups in total. The molecule has 0 aromatic rings. The third kappa shape index (κ3) is 1.48. The van der Waals surface area contributed by atoms with Crippen molar-refractivity contribution in [3.05, 3.63) is 0 Å². The van der Waals surface area contributed by atoms with E-state index in [1.54, 1.807) is 0 Å². The van der Waals surface area contributed by atoms with Crippen molar-refractivity contribution in [3.8, 4) is 0 Å². The number of nitrogens with one attached hydrogen (secondary N) is 1. The van der Waals surface area contributed by atoms with E-state index in [0.717, 1.165) is 17.5 Å². The minimum Gasteiger partial charge on any atom is -0.368 e. The van der Waals surface area contributed by atoms with Crippen LogP contribution in [0.15, 0.2) is 0 Å². The maximum absolute atomic E-state index is 10.8. The van der Waals surface area contributed by atoms with Crippen LogP contribution in [-0.2, 0) is 9.59 Å². The van der Waals surface area contributed by atoms with E-state index >= 15 is 0 Å². The molecule has 1 unspecified atom stereocenters. The lowest BCUT2D eigenvalue weighted by Gasteiger charge is -2.17. The van der Waals surface area contributed by atoms with E-state index in [9.17, 15) is 9.59 Å². The van der Waals surface area contributed by atoms with Crippen molar-refractivity contribution in [1.82, 2.24) is 5.32 Å². The van der Waals surface area contributed by atoms with Gasteiger partial charge in [0.05, 0.1) is 0 Å². The first-order valence-corrected chi connectivity index (χ1v) is 3.89. The Kier molecular flexibility index (Phi) is 2.29. The number of primary amides is 1. The molecule has 1 heterocycles. The van der Waals surface area contributed by atoms with E-state index in [-0.39, 0.29) is 5.12 Å². The summed E-state index contributed by atoms with van der Waals surface area (Å²) in [6.07, 6.45) is 0. The lowest BCUT2D eigenvalue weighted by Crippen LogP contribution is -2.49. The monoisotopic (exact) mass is 160 g/mol. The maximum Gasteiger partial charge on any atom is 0.243 e. The summed E-state index contributed by atoms with van der Waals surface area (Å²) in [7, 11) is 0. The van der Waals surface area contributed by atoms with Crippen LogP contribution in [0.2, 0.25) is 0 Å². The number of hydrogen-bond donors (Lipinski definition) is 2. The van der Waals surface area contributed by atoms with Crippen molar-refractivity contribution in [2.45, 2.75) is 6.04 Å². The summed E-state index contributed by atoms with van der Waals surface area (Å²) >= 11 is 1.15. The highest BCUT2D eigenvalue weighted by molar-refractivity contribution is 8.13. The Hall–Kier alpha value is -0.550. The topological polar surface area (TPSA) is 72.2 Å². The van der Waals surface area contributed by atoms with Crippen LogP contribution in [-0.4, -0.2) is 29.4 Å². The molecule has 0 aromatic heterocycles.